The van der Waals surface area contributed by atoms with E-state index in [1.54, 1.807) is 33.3 Å². The van der Waals surface area contributed by atoms with Crippen LogP contribution in [0.4, 0.5) is 4.39 Å². The van der Waals surface area contributed by atoms with E-state index in [1.807, 2.05) is 25.3 Å². The van der Waals surface area contributed by atoms with Gasteiger partial charge in [0.05, 0.1) is 6.04 Å². The smallest absolute Gasteiger partial charge is 0.243 e. The van der Waals surface area contributed by atoms with Crippen LogP contribution in [0.5, 0.6) is 0 Å². The number of amides is 2. The van der Waals surface area contributed by atoms with E-state index < -0.39 is 0 Å². The predicted molar refractivity (Wildman–Crippen MR) is 110 cm³/mol. The highest BCUT2D eigenvalue weighted by molar-refractivity contribution is 7.10. The van der Waals surface area contributed by atoms with Crippen molar-refractivity contribution in [2.45, 2.75) is 38.8 Å². The number of hydrogen-bond donors (Lipinski definition) is 0. The molecule has 0 bridgehead atoms. The molecule has 1 aromatic carbocycles. The molecule has 1 aromatic heterocycles. The van der Waals surface area contributed by atoms with E-state index in [0.717, 1.165) is 24.0 Å². The molecule has 2 heterocycles. The van der Waals surface area contributed by atoms with Crippen molar-refractivity contribution in [2.24, 2.45) is 0 Å². The van der Waals surface area contributed by atoms with Crippen LogP contribution in [0.1, 0.15) is 42.3 Å². The normalized spacial score (nSPS) is 17.1. The van der Waals surface area contributed by atoms with Crippen molar-refractivity contribution in [3.05, 3.63) is 57.5 Å². The fourth-order valence-corrected chi connectivity index (χ4v) is 4.67. The second-order valence-electron chi connectivity index (χ2n) is 7.00. The van der Waals surface area contributed by atoms with Gasteiger partial charge in [-0.25, -0.2) is 4.39 Å². The molecule has 0 saturated carbocycles. The fraction of sp³-hybridized carbons (Fsp3) is 0.429. The first-order chi connectivity index (χ1) is 13.5. The van der Waals surface area contributed by atoms with E-state index in [-0.39, 0.29) is 42.1 Å². The third kappa shape index (κ3) is 4.23. The van der Waals surface area contributed by atoms with E-state index in [4.69, 9.17) is 11.6 Å². The maximum Gasteiger partial charge on any atom is 0.243 e. The van der Waals surface area contributed by atoms with Crippen molar-refractivity contribution in [2.75, 3.05) is 19.0 Å². The van der Waals surface area contributed by atoms with E-state index >= 15 is 0 Å². The molecule has 150 valence electrons. The number of hydrogen-bond acceptors (Lipinski definition) is 3. The van der Waals surface area contributed by atoms with Gasteiger partial charge in [-0.15, -0.1) is 22.9 Å². The van der Waals surface area contributed by atoms with Crippen LogP contribution in [-0.4, -0.2) is 46.6 Å². The SMILES string of the molecule is CC[C@@H](C)N(CC(=O)N1CCc2sccc2[C@@H]1c1ccc(F)cc1)C(=O)CCl. The molecular formula is C21H24ClFN2O2S. The molecule has 0 radical (unpaired) electrons. The maximum atomic E-state index is 13.4. The van der Waals surface area contributed by atoms with Gasteiger partial charge in [-0.2, -0.15) is 0 Å². The van der Waals surface area contributed by atoms with Crippen LogP contribution in [-0.2, 0) is 16.0 Å². The largest absolute Gasteiger partial charge is 0.330 e. The summed E-state index contributed by atoms with van der Waals surface area (Å²) in [6.45, 7) is 4.46. The van der Waals surface area contributed by atoms with Gasteiger partial charge in [0.15, 0.2) is 0 Å². The van der Waals surface area contributed by atoms with Crippen molar-refractivity contribution < 1.29 is 14.0 Å². The van der Waals surface area contributed by atoms with Crippen molar-refractivity contribution in [1.82, 2.24) is 9.80 Å². The van der Waals surface area contributed by atoms with Crippen LogP contribution in [0.15, 0.2) is 35.7 Å². The van der Waals surface area contributed by atoms with Gasteiger partial charge < -0.3 is 9.80 Å². The lowest BCUT2D eigenvalue weighted by Crippen LogP contribution is -2.49. The average molecular weight is 423 g/mol. The number of nitrogens with zero attached hydrogens (tertiary/aromatic N) is 2. The summed E-state index contributed by atoms with van der Waals surface area (Å²) in [6.07, 6.45) is 1.52. The highest BCUT2D eigenvalue weighted by atomic mass is 35.5. The number of carbonyl (C=O) groups is 2. The van der Waals surface area contributed by atoms with Gasteiger partial charge in [-0.3, -0.25) is 9.59 Å². The monoisotopic (exact) mass is 422 g/mol. The van der Waals surface area contributed by atoms with Gasteiger partial charge in [-0.1, -0.05) is 19.1 Å². The summed E-state index contributed by atoms with van der Waals surface area (Å²) in [6, 6.07) is 7.98. The number of benzene rings is 1. The van der Waals surface area contributed by atoms with Gasteiger partial charge >= 0.3 is 0 Å². The number of fused-ring (bicyclic) bond motifs is 1. The molecule has 3 rings (SSSR count). The van der Waals surface area contributed by atoms with Crippen LogP contribution in [0.3, 0.4) is 0 Å². The van der Waals surface area contributed by atoms with Crippen molar-refractivity contribution in [3.63, 3.8) is 0 Å². The quantitative estimate of drug-likeness (QED) is 0.654. The summed E-state index contributed by atoms with van der Waals surface area (Å²) >= 11 is 7.44. The van der Waals surface area contributed by atoms with E-state index in [1.165, 1.54) is 17.0 Å². The number of halogens is 2. The van der Waals surface area contributed by atoms with E-state index in [0.29, 0.717) is 6.54 Å². The van der Waals surface area contributed by atoms with E-state index in [9.17, 15) is 14.0 Å². The number of thiophene rings is 1. The molecule has 0 spiro atoms. The van der Waals surface area contributed by atoms with Gasteiger partial charge in [-0.05, 0) is 54.5 Å². The Morgan fingerprint density at radius 3 is 2.68 bits per heavy atom. The summed E-state index contributed by atoms with van der Waals surface area (Å²) in [7, 11) is 0. The minimum absolute atomic E-state index is 0.00226. The molecular weight excluding hydrogens is 399 g/mol. The Labute approximate surface area is 173 Å². The number of rotatable bonds is 6. The first kappa shape index (κ1) is 20.8. The standard InChI is InChI=1S/C21H24ClFN2O2S/c1-3-14(2)25(19(26)12-22)13-20(27)24-10-8-18-17(9-11-28-18)21(24)15-4-6-16(23)7-5-15/h4-7,9,11,14,21H,3,8,10,12-13H2,1-2H3/t14-,21+/m1/s1. The Morgan fingerprint density at radius 2 is 2.04 bits per heavy atom. The fourth-order valence-electron chi connectivity index (χ4n) is 3.61. The van der Waals surface area contributed by atoms with E-state index in [2.05, 4.69) is 0 Å². The molecule has 1 aliphatic rings. The van der Waals surface area contributed by atoms with Gasteiger partial charge in [0, 0.05) is 17.5 Å². The summed E-state index contributed by atoms with van der Waals surface area (Å²) in [5.41, 5.74) is 1.95. The Bertz CT molecular complexity index is 839. The topological polar surface area (TPSA) is 40.6 Å². The Balaban J connectivity index is 1.91. The van der Waals surface area contributed by atoms with Crippen molar-refractivity contribution in [3.8, 4) is 0 Å². The number of carbonyl (C=O) groups excluding carboxylic acids is 2. The molecule has 4 nitrogen and oxygen atoms in total. The first-order valence-electron chi connectivity index (χ1n) is 9.42. The summed E-state index contributed by atoms with van der Waals surface area (Å²) in [5, 5.41) is 2.03. The molecule has 0 fully saturated rings. The number of alkyl halides is 1. The zero-order chi connectivity index (χ0) is 20.3. The lowest BCUT2D eigenvalue weighted by Gasteiger charge is -2.38. The van der Waals surface area contributed by atoms with Gasteiger partial charge in [0.1, 0.15) is 18.2 Å². The minimum Gasteiger partial charge on any atom is -0.330 e. The predicted octanol–water partition coefficient (Wildman–Crippen LogP) is 4.23. The molecule has 2 amide bonds. The van der Waals surface area contributed by atoms with Gasteiger partial charge in [0.25, 0.3) is 0 Å². The van der Waals surface area contributed by atoms with Crippen LogP contribution in [0, 0.1) is 5.82 Å². The highest BCUT2D eigenvalue weighted by Gasteiger charge is 2.34. The second kappa shape index (κ2) is 9.05. The molecule has 0 N–H and O–H groups in total. The first-order valence-corrected chi connectivity index (χ1v) is 10.8. The lowest BCUT2D eigenvalue weighted by atomic mass is 9.93. The molecule has 2 aromatic rings. The summed E-state index contributed by atoms with van der Waals surface area (Å²) in [5.74, 6) is -0.812. The molecule has 0 unspecified atom stereocenters. The van der Waals surface area contributed by atoms with Crippen LogP contribution < -0.4 is 0 Å². The molecule has 0 saturated heterocycles. The zero-order valence-corrected chi connectivity index (χ0v) is 17.6. The Kier molecular flexibility index (Phi) is 6.73. The maximum absolute atomic E-state index is 13.4. The molecule has 7 heteroatoms. The molecule has 0 aliphatic carbocycles. The molecule has 2 atom stereocenters. The Hall–Kier alpha value is -1.92. The summed E-state index contributed by atoms with van der Waals surface area (Å²) < 4.78 is 13.4. The van der Waals surface area contributed by atoms with Crippen molar-refractivity contribution >= 4 is 34.8 Å². The van der Waals surface area contributed by atoms with Crippen LogP contribution >= 0.6 is 22.9 Å². The zero-order valence-electron chi connectivity index (χ0n) is 16.0. The third-order valence-corrected chi connectivity index (χ3v) is 6.56. The highest BCUT2D eigenvalue weighted by Crippen LogP contribution is 2.38. The average Bonchev–Trinajstić information content (AvgIpc) is 3.19. The summed E-state index contributed by atoms with van der Waals surface area (Å²) in [4.78, 5) is 30.1. The van der Waals surface area contributed by atoms with Crippen molar-refractivity contribution in [1.29, 1.82) is 0 Å². The second-order valence-corrected chi connectivity index (χ2v) is 8.27. The van der Waals surface area contributed by atoms with Crippen LogP contribution in [0.25, 0.3) is 0 Å². The van der Waals surface area contributed by atoms with Gasteiger partial charge in [0.2, 0.25) is 11.8 Å². The minimum atomic E-state index is -0.307. The Morgan fingerprint density at radius 1 is 1.32 bits per heavy atom. The molecule has 28 heavy (non-hydrogen) atoms. The molecule has 1 aliphatic heterocycles. The third-order valence-electron chi connectivity index (χ3n) is 5.34. The lowest BCUT2D eigenvalue weighted by molar-refractivity contribution is -0.142. The van der Waals surface area contributed by atoms with Crippen LogP contribution in [0.2, 0.25) is 0 Å².